The van der Waals surface area contributed by atoms with E-state index in [0.29, 0.717) is 16.8 Å². The minimum Gasteiger partial charge on any atom is -0.479 e. The summed E-state index contributed by atoms with van der Waals surface area (Å²) in [7, 11) is 0. The number of carboxylic acid groups (broad SMARTS) is 1. The largest absolute Gasteiger partial charge is 0.479 e. The number of para-hydroxylation sites is 1. The zero-order chi connectivity index (χ0) is 23.7. The molecule has 2 atom stereocenters. The summed E-state index contributed by atoms with van der Waals surface area (Å²) in [5, 5.41) is 13.7. The van der Waals surface area contributed by atoms with Gasteiger partial charge in [0.1, 0.15) is 18.4 Å². The Bertz CT molecular complexity index is 1230. The number of nitrogens with zero attached hydrogens (tertiary/aromatic N) is 2. The Morgan fingerprint density at radius 2 is 1.68 bits per heavy atom. The topological polar surface area (TPSA) is 108 Å². The van der Waals surface area contributed by atoms with Gasteiger partial charge in [-0.1, -0.05) is 54.6 Å². The number of amides is 3. The van der Waals surface area contributed by atoms with E-state index in [0.717, 1.165) is 5.56 Å². The zero-order valence-corrected chi connectivity index (χ0v) is 18.0. The van der Waals surface area contributed by atoms with E-state index in [-0.39, 0.29) is 18.9 Å². The third kappa shape index (κ3) is 4.04. The molecule has 3 amide bonds. The number of hydroxylamine groups is 2. The summed E-state index contributed by atoms with van der Waals surface area (Å²) in [5.41, 5.74) is 2.47. The quantitative estimate of drug-likeness (QED) is 0.568. The molecule has 0 spiro atoms. The highest BCUT2D eigenvalue weighted by Gasteiger charge is 2.51. The second kappa shape index (κ2) is 8.87. The van der Waals surface area contributed by atoms with Crippen LogP contribution < -0.4 is 10.1 Å². The molecule has 34 heavy (non-hydrogen) atoms. The van der Waals surface area contributed by atoms with Crippen LogP contribution in [0.1, 0.15) is 28.8 Å². The lowest BCUT2D eigenvalue weighted by Gasteiger charge is -2.30. The number of hydrogen-bond donors (Lipinski definition) is 2. The van der Waals surface area contributed by atoms with Gasteiger partial charge in [-0.25, -0.2) is 14.4 Å². The number of aliphatic carboxylic acids is 1. The molecule has 1 saturated heterocycles. The van der Waals surface area contributed by atoms with E-state index in [1.807, 2.05) is 36.4 Å². The van der Waals surface area contributed by atoms with Crippen LogP contribution in [0.25, 0.3) is 0 Å². The number of carboxylic acids is 1. The fourth-order valence-electron chi connectivity index (χ4n) is 4.26. The monoisotopic (exact) mass is 459 g/mol. The van der Waals surface area contributed by atoms with Crippen LogP contribution in [0, 0.1) is 0 Å². The molecule has 1 fully saturated rings. The number of carbonyl (C=O) groups excluding carboxylic acids is 2. The highest BCUT2D eigenvalue weighted by atomic mass is 16.7. The SMILES string of the molecule is O=C(Nc1ccccc1)Oc1ccc2c(c1)[C@H]1CN(C(=O)N1OCc1ccccc1)C2C(=O)O. The van der Waals surface area contributed by atoms with E-state index in [1.165, 1.54) is 16.0 Å². The summed E-state index contributed by atoms with van der Waals surface area (Å²) in [4.78, 5) is 44.5. The molecule has 9 nitrogen and oxygen atoms in total. The van der Waals surface area contributed by atoms with Crippen LogP contribution in [-0.4, -0.2) is 39.7 Å². The van der Waals surface area contributed by atoms with Crippen LogP contribution in [0.4, 0.5) is 15.3 Å². The molecule has 5 rings (SSSR count). The molecule has 3 aromatic carbocycles. The molecule has 2 aliphatic heterocycles. The van der Waals surface area contributed by atoms with Crippen LogP contribution in [0.2, 0.25) is 0 Å². The summed E-state index contributed by atoms with van der Waals surface area (Å²) >= 11 is 0. The van der Waals surface area contributed by atoms with Crippen LogP contribution in [0.3, 0.4) is 0 Å². The fourth-order valence-corrected chi connectivity index (χ4v) is 4.26. The van der Waals surface area contributed by atoms with Gasteiger partial charge in [-0.3, -0.25) is 10.2 Å². The van der Waals surface area contributed by atoms with Crippen molar-refractivity contribution in [1.29, 1.82) is 0 Å². The maximum atomic E-state index is 13.0. The molecule has 0 aromatic heterocycles. The van der Waals surface area contributed by atoms with Crippen LogP contribution in [-0.2, 0) is 16.2 Å². The van der Waals surface area contributed by atoms with Crippen molar-refractivity contribution in [2.24, 2.45) is 0 Å². The highest BCUT2D eigenvalue weighted by molar-refractivity contribution is 5.88. The normalized spacial score (nSPS) is 18.4. The number of rotatable bonds is 6. The van der Waals surface area contributed by atoms with E-state index in [9.17, 15) is 19.5 Å². The van der Waals surface area contributed by atoms with Gasteiger partial charge in [0.15, 0.2) is 6.04 Å². The predicted octanol–water partition coefficient (Wildman–Crippen LogP) is 4.35. The van der Waals surface area contributed by atoms with Crippen molar-refractivity contribution in [3.63, 3.8) is 0 Å². The predicted molar refractivity (Wildman–Crippen MR) is 121 cm³/mol. The molecule has 0 saturated carbocycles. The minimum absolute atomic E-state index is 0.150. The molecule has 172 valence electrons. The Morgan fingerprint density at radius 1 is 0.971 bits per heavy atom. The summed E-state index contributed by atoms with van der Waals surface area (Å²) in [5.74, 6) is -0.916. The van der Waals surface area contributed by atoms with Crippen molar-refractivity contribution < 1.29 is 29.1 Å². The van der Waals surface area contributed by atoms with Crippen molar-refractivity contribution in [3.8, 4) is 5.75 Å². The first-order valence-corrected chi connectivity index (χ1v) is 10.7. The van der Waals surface area contributed by atoms with Crippen molar-refractivity contribution >= 4 is 23.8 Å². The zero-order valence-electron chi connectivity index (χ0n) is 18.0. The first-order valence-electron chi connectivity index (χ1n) is 10.7. The lowest BCUT2D eigenvalue weighted by atomic mass is 9.91. The average molecular weight is 459 g/mol. The van der Waals surface area contributed by atoms with Gasteiger partial charge < -0.3 is 14.7 Å². The van der Waals surface area contributed by atoms with Crippen molar-refractivity contribution in [3.05, 3.63) is 95.6 Å². The lowest BCUT2D eigenvalue weighted by molar-refractivity contribution is -0.143. The van der Waals surface area contributed by atoms with Crippen LogP contribution in [0.5, 0.6) is 5.75 Å². The first-order chi connectivity index (χ1) is 16.5. The Hall–Kier alpha value is -4.37. The molecule has 2 N–H and O–H groups in total. The van der Waals surface area contributed by atoms with Gasteiger partial charge in [-0.05, 0) is 41.0 Å². The summed E-state index contributed by atoms with van der Waals surface area (Å²) < 4.78 is 5.42. The molecule has 1 unspecified atom stereocenters. The Balaban J connectivity index is 1.40. The van der Waals surface area contributed by atoms with Gasteiger partial charge in [0.2, 0.25) is 0 Å². The summed E-state index contributed by atoms with van der Waals surface area (Å²) in [6.07, 6.45) is -0.682. The van der Waals surface area contributed by atoms with Gasteiger partial charge >= 0.3 is 18.1 Å². The fraction of sp³-hybridized carbons (Fsp3) is 0.160. The van der Waals surface area contributed by atoms with E-state index in [4.69, 9.17) is 9.57 Å². The maximum absolute atomic E-state index is 13.0. The molecule has 0 radical (unpaired) electrons. The van der Waals surface area contributed by atoms with Crippen LogP contribution >= 0.6 is 0 Å². The number of anilines is 1. The third-order valence-electron chi connectivity index (χ3n) is 5.79. The number of carbonyl (C=O) groups is 3. The number of urea groups is 1. The van der Waals surface area contributed by atoms with Gasteiger partial charge in [-0.15, -0.1) is 0 Å². The number of fused-ring (bicyclic) bond motifs is 4. The third-order valence-corrected chi connectivity index (χ3v) is 5.79. The lowest BCUT2D eigenvalue weighted by Crippen LogP contribution is -2.38. The number of benzene rings is 3. The molecule has 0 aliphatic carbocycles. The smallest absolute Gasteiger partial charge is 0.417 e. The highest BCUT2D eigenvalue weighted by Crippen LogP contribution is 2.45. The minimum atomic E-state index is -1.16. The summed E-state index contributed by atoms with van der Waals surface area (Å²) in [6.45, 7) is 0.302. The Kier molecular flexibility index (Phi) is 5.60. The van der Waals surface area contributed by atoms with E-state index >= 15 is 0 Å². The van der Waals surface area contributed by atoms with E-state index < -0.39 is 30.2 Å². The van der Waals surface area contributed by atoms with Gasteiger partial charge in [0.25, 0.3) is 0 Å². The van der Waals surface area contributed by atoms with E-state index in [1.54, 1.807) is 36.4 Å². The number of ether oxygens (including phenoxy) is 1. The first kappa shape index (κ1) is 21.5. The number of hydrogen-bond acceptors (Lipinski definition) is 5. The van der Waals surface area contributed by atoms with Gasteiger partial charge in [0.05, 0.1) is 6.54 Å². The molecule has 2 aliphatic rings. The van der Waals surface area contributed by atoms with Gasteiger partial charge in [0, 0.05) is 5.69 Å². The summed E-state index contributed by atoms with van der Waals surface area (Å²) in [6, 6.07) is 20.7. The Morgan fingerprint density at radius 3 is 2.38 bits per heavy atom. The van der Waals surface area contributed by atoms with Crippen molar-refractivity contribution in [1.82, 2.24) is 9.96 Å². The molecule has 3 aromatic rings. The second-order valence-corrected chi connectivity index (χ2v) is 7.95. The van der Waals surface area contributed by atoms with Gasteiger partial charge in [-0.2, -0.15) is 5.06 Å². The second-order valence-electron chi connectivity index (χ2n) is 7.95. The molecule has 9 heteroatoms. The molecular weight excluding hydrogens is 438 g/mol. The van der Waals surface area contributed by atoms with Crippen molar-refractivity contribution in [2.75, 3.05) is 11.9 Å². The Labute approximate surface area is 195 Å². The molecule has 2 heterocycles. The standard InChI is InChI=1S/C25H21N3O6/c29-23(30)22-19-12-11-18(34-24(31)26-17-9-5-2-6-10-17)13-20(19)21-14-27(22)25(32)28(21)33-15-16-7-3-1-4-8-16/h1-13,21-22H,14-15H2,(H,26,31)(H,29,30)/t21-,22?/m1/s1. The molecule has 2 bridgehead atoms. The van der Waals surface area contributed by atoms with E-state index in [2.05, 4.69) is 5.32 Å². The maximum Gasteiger partial charge on any atom is 0.417 e. The van der Waals surface area contributed by atoms with Crippen molar-refractivity contribution in [2.45, 2.75) is 18.7 Å². The number of nitrogens with one attached hydrogen (secondary N) is 1. The van der Waals surface area contributed by atoms with Crippen LogP contribution in [0.15, 0.2) is 78.9 Å². The molecular formula is C25H21N3O6. The average Bonchev–Trinajstić information content (AvgIpc) is 3.11.